The summed E-state index contributed by atoms with van der Waals surface area (Å²) in [4.78, 5) is 14.9. The molecule has 1 aromatic rings. The molecule has 2 saturated heterocycles. The summed E-state index contributed by atoms with van der Waals surface area (Å²) in [6, 6.07) is 5.68. The van der Waals surface area contributed by atoms with Gasteiger partial charge in [0.2, 0.25) is 10.0 Å². The van der Waals surface area contributed by atoms with E-state index >= 15 is 0 Å². The van der Waals surface area contributed by atoms with Gasteiger partial charge in [-0.1, -0.05) is 13.8 Å². The number of sulfone groups is 1. The summed E-state index contributed by atoms with van der Waals surface area (Å²) in [5, 5.41) is 0. The standard InChI is InChI=1S/C19H28N2O5S2/c1-15(2)13-21(17-9-12-27(23,24)14-17)19(22)16-5-7-18(8-6-16)28(25,26)20-10-3-4-11-20/h5-8,15,17H,3-4,9-14H2,1-2H3/t17-/m0/s1. The van der Waals surface area contributed by atoms with E-state index in [9.17, 15) is 21.6 Å². The summed E-state index contributed by atoms with van der Waals surface area (Å²) in [5.74, 6) is 0.0439. The maximum absolute atomic E-state index is 13.1. The average Bonchev–Trinajstić information content (AvgIpc) is 3.29. The zero-order valence-corrected chi connectivity index (χ0v) is 18.0. The molecular weight excluding hydrogens is 400 g/mol. The lowest BCUT2D eigenvalue weighted by molar-refractivity contribution is 0.0672. The maximum Gasteiger partial charge on any atom is 0.254 e. The molecule has 2 aliphatic heterocycles. The third-order valence-corrected chi connectivity index (χ3v) is 8.94. The minimum absolute atomic E-state index is 0.00706. The van der Waals surface area contributed by atoms with E-state index in [2.05, 4.69) is 0 Å². The van der Waals surface area contributed by atoms with E-state index in [0.29, 0.717) is 31.6 Å². The fourth-order valence-electron chi connectivity index (χ4n) is 3.83. The van der Waals surface area contributed by atoms with E-state index in [1.807, 2.05) is 13.8 Å². The van der Waals surface area contributed by atoms with Gasteiger partial charge in [0.25, 0.3) is 5.91 Å². The molecule has 0 spiro atoms. The lowest BCUT2D eigenvalue weighted by Gasteiger charge is -2.30. The second kappa shape index (κ2) is 8.12. The van der Waals surface area contributed by atoms with Gasteiger partial charge in [0.05, 0.1) is 16.4 Å². The van der Waals surface area contributed by atoms with E-state index in [0.717, 1.165) is 12.8 Å². The number of sulfonamides is 1. The predicted molar refractivity (Wildman–Crippen MR) is 107 cm³/mol. The van der Waals surface area contributed by atoms with Crippen LogP contribution in [0.1, 0.15) is 43.5 Å². The summed E-state index contributed by atoms with van der Waals surface area (Å²) < 4.78 is 50.5. The first-order valence-electron chi connectivity index (χ1n) is 9.72. The van der Waals surface area contributed by atoms with Gasteiger partial charge in [0.1, 0.15) is 0 Å². The molecule has 0 saturated carbocycles. The Kier molecular flexibility index (Phi) is 6.17. The summed E-state index contributed by atoms with van der Waals surface area (Å²) in [5.41, 5.74) is 0.380. The summed E-state index contributed by atoms with van der Waals surface area (Å²) >= 11 is 0. The van der Waals surface area contributed by atoms with E-state index in [-0.39, 0.29) is 34.3 Å². The first-order valence-corrected chi connectivity index (χ1v) is 13.0. The fourth-order valence-corrected chi connectivity index (χ4v) is 7.07. The average molecular weight is 429 g/mol. The number of carbonyl (C=O) groups excluding carboxylic acids is 1. The highest BCUT2D eigenvalue weighted by Crippen LogP contribution is 2.24. The SMILES string of the molecule is CC(C)CN(C(=O)c1ccc(S(=O)(=O)N2CCCC2)cc1)[C@H]1CCS(=O)(=O)C1. The highest BCUT2D eigenvalue weighted by Gasteiger charge is 2.35. The Hall–Kier alpha value is -1.45. The first-order chi connectivity index (χ1) is 13.1. The van der Waals surface area contributed by atoms with Gasteiger partial charge in [-0.25, -0.2) is 16.8 Å². The van der Waals surface area contributed by atoms with Gasteiger partial charge in [-0.05, 0) is 49.4 Å². The predicted octanol–water partition coefficient (Wildman–Crippen LogP) is 1.76. The van der Waals surface area contributed by atoms with Crippen molar-refractivity contribution in [2.75, 3.05) is 31.1 Å². The number of amides is 1. The van der Waals surface area contributed by atoms with Crippen LogP contribution in [0.25, 0.3) is 0 Å². The van der Waals surface area contributed by atoms with Gasteiger partial charge in [-0.15, -0.1) is 0 Å². The Bertz CT molecular complexity index is 918. The quantitative estimate of drug-likeness (QED) is 0.688. The van der Waals surface area contributed by atoms with E-state index in [1.165, 1.54) is 28.6 Å². The molecule has 1 aromatic carbocycles. The molecule has 2 fully saturated rings. The molecule has 0 unspecified atom stereocenters. The Morgan fingerprint density at radius 1 is 1.18 bits per heavy atom. The summed E-state index contributed by atoms with van der Waals surface area (Å²) in [7, 11) is -6.63. The molecule has 7 nitrogen and oxygen atoms in total. The molecule has 2 heterocycles. The van der Waals surface area contributed by atoms with Crippen molar-refractivity contribution >= 4 is 25.8 Å². The van der Waals surface area contributed by atoms with Crippen molar-refractivity contribution in [3.8, 4) is 0 Å². The number of hydrogen-bond donors (Lipinski definition) is 0. The second-order valence-corrected chi connectivity index (χ2v) is 12.2. The van der Waals surface area contributed by atoms with Crippen LogP contribution in [0, 0.1) is 5.92 Å². The molecule has 9 heteroatoms. The van der Waals surface area contributed by atoms with Gasteiger partial charge in [0.15, 0.2) is 9.84 Å². The Morgan fingerprint density at radius 3 is 2.29 bits per heavy atom. The van der Waals surface area contributed by atoms with Gasteiger partial charge in [-0.3, -0.25) is 4.79 Å². The van der Waals surface area contributed by atoms with Crippen LogP contribution in [0.4, 0.5) is 0 Å². The van der Waals surface area contributed by atoms with Crippen LogP contribution in [0.2, 0.25) is 0 Å². The van der Waals surface area contributed by atoms with Crippen molar-refractivity contribution in [2.24, 2.45) is 5.92 Å². The smallest absolute Gasteiger partial charge is 0.254 e. The molecule has 1 atom stereocenters. The van der Waals surface area contributed by atoms with Crippen LogP contribution in [-0.4, -0.2) is 69.1 Å². The Labute approximate surface area is 167 Å². The number of benzene rings is 1. The van der Waals surface area contributed by atoms with Gasteiger partial charge >= 0.3 is 0 Å². The van der Waals surface area contributed by atoms with Crippen LogP contribution in [0.3, 0.4) is 0 Å². The molecule has 0 N–H and O–H groups in total. The third kappa shape index (κ3) is 4.58. The highest BCUT2D eigenvalue weighted by atomic mass is 32.2. The second-order valence-electron chi connectivity index (χ2n) is 8.04. The van der Waals surface area contributed by atoms with Gasteiger partial charge in [-0.2, -0.15) is 4.31 Å². The number of carbonyl (C=O) groups is 1. The molecule has 156 valence electrons. The molecular formula is C19H28N2O5S2. The third-order valence-electron chi connectivity index (χ3n) is 5.28. The van der Waals surface area contributed by atoms with Crippen LogP contribution in [0.15, 0.2) is 29.2 Å². The van der Waals surface area contributed by atoms with Gasteiger partial charge < -0.3 is 4.90 Å². The van der Waals surface area contributed by atoms with Crippen LogP contribution in [0.5, 0.6) is 0 Å². The van der Waals surface area contributed by atoms with Crippen LogP contribution in [-0.2, 0) is 19.9 Å². The van der Waals surface area contributed by atoms with Crippen LogP contribution < -0.4 is 0 Å². The molecule has 28 heavy (non-hydrogen) atoms. The largest absolute Gasteiger partial charge is 0.334 e. The molecule has 2 aliphatic rings. The molecule has 0 aromatic heterocycles. The molecule has 1 amide bonds. The monoisotopic (exact) mass is 428 g/mol. The topological polar surface area (TPSA) is 91.8 Å². The normalized spacial score (nSPS) is 22.6. The number of rotatable bonds is 6. The minimum Gasteiger partial charge on any atom is -0.334 e. The minimum atomic E-state index is -3.52. The van der Waals surface area contributed by atoms with E-state index < -0.39 is 19.9 Å². The van der Waals surface area contributed by atoms with Gasteiger partial charge in [0, 0.05) is 31.2 Å². The lowest BCUT2D eigenvalue weighted by Crippen LogP contribution is -2.43. The van der Waals surface area contributed by atoms with Crippen molar-refractivity contribution in [3.05, 3.63) is 29.8 Å². The number of hydrogen-bond acceptors (Lipinski definition) is 5. The Morgan fingerprint density at radius 2 is 1.79 bits per heavy atom. The fraction of sp³-hybridized carbons (Fsp3) is 0.632. The first kappa shape index (κ1) is 21.3. The summed E-state index contributed by atoms with van der Waals surface area (Å²) in [6.45, 7) is 5.49. The zero-order chi connectivity index (χ0) is 20.5. The van der Waals surface area contributed by atoms with E-state index in [1.54, 1.807) is 4.90 Å². The van der Waals surface area contributed by atoms with Crippen LogP contribution >= 0.6 is 0 Å². The van der Waals surface area contributed by atoms with Crippen molar-refractivity contribution in [2.45, 2.75) is 44.0 Å². The van der Waals surface area contributed by atoms with Crippen molar-refractivity contribution in [1.29, 1.82) is 0 Å². The molecule has 0 bridgehead atoms. The van der Waals surface area contributed by atoms with Crippen molar-refractivity contribution < 1.29 is 21.6 Å². The van der Waals surface area contributed by atoms with Crippen molar-refractivity contribution in [3.63, 3.8) is 0 Å². The lowest BCUT2D eigenvalue weighted by atomic mass is 10.1. The van der Waals surface area contributed by atoms with Crippen molar-refractivity contribution in [1.82, 2.24) is 9.21 Å². The Balaban J connectivity index is 1.81. The highest BCUT2D eigenvalue weighted by molar-refractivity contribution is 7.91. The molecule has 0 radical (unpaired) electrons. The molecule has 0 aliphatic carbocycles. The maximum atomic E-state index is 13.1. The zero-order valence-electron chi connectivity index (χ0n) is 16.4. The van der Waals surface area contributed by atoms with E-state index in [4.69, 9.17) is 0 Å². The summed E-state index contributed by atoms with van der Waals surface area (Å²) in [6.07, 6.45) is 2.18. The number of nitrogens with zero attached hydrogens (tertiary/aromatic N) is 2. The molecule has 3 rings (SSSR count).